The number of carbonyl (C=O) groups excluding carboxylic acids is 2. The number of nitrogens with one attached hydrogen (secondary N) is 2. The molecule has 2 N–H and O–H groups in total. The number of hydrogen-bond acceptors (Lipinski definition) is 11. The van der Waals surface area contributed by atoms with Gasteiger partial charge < -0.3 is 48.1 Å². The summed E-state index contributed by atoms with van der Waals surface area (Å²) in [6.07, 6.45) is -0.164. The monoisotopic (exact) mass is 478 g/mol. The first kappa shape index (κ1) is 31.8. The molecule has 0 rings (SSSR count). The summed E-state index contributed by atoms with van der Waals surface area (Å²) in [6.45, 7) is 6.51. The lowest BCUT2D eigenvalue weighted by molar-refractivity contribution is -0.129. The Kier molecular flexibility index (Phi) is 24.6. The van der Waals surface area contributed by atoms with E-state index in [9.17, 15) is 9.59 Å². The zero-order valence-electron chi connectivity index (χ0n) is 19.8. The maximum atomic E-state index is 11.9. The molecule has 0 saturated heterocycles. The zero-order chi connectivity index (χ0) is 24.4. The number of amides is 1. The Labute approximate surface area is 197 Å². The fraction of sp³-hybridized carbons (Fsp3) is 0.900. The summed E-state index contributed by atoms with van der Waals surface area (Å²) in [5.41, 5.74) is 1.82. The average Bonchev–Trinajstić information content (AvgIpc) is 2.79. The number of hydroxylamine groups is 1. The molecule has 0 aliphatic rings. The molecule has 0 aliphatic heterocycles. The molecule has 12 nitrogen and oxygen atoms in total. The Morgan fingerprint density at radius 1 is 0.667 bits per heavy atom. The second-order valence-electron chi connectivity index (χ2n) is 6.50. The summed E-state index contributed by atoms with van der Waals surface area (Å²) in [5, 5.41) is 2.63. The maximum absolute atomic E-state index is 11.9. The van der Waals surface area contributed by atoms with Crippen LogP contribution >= 0.6 is 0 Å². The van der Waals surface area contributed by atoms with Crippen molar-refractivity contribution in [2.45, 2.75) is 12.5 Å². The summed E-state index contributed by atoms with van der Waals surface area (Å²) in [7, 11) is 8.08. The first-order valence-electron chi connectivity index (χ1n) is 10.9. The first-order chi connectivity index (χ1) is 16.1. The fourth-order valence-corrected chi connectivity index (χ4v) is 2.24. The molecule has 0 aliphatic carbocycles. The molecule has 0 aromatic heterocycles. The van der Waals surface area contributed by atoms with Crippen molar-refractivity contribution in [1.29, 1.82) is 0 Å². The summed E-state index contributed by atoms with van der Waals surface area (Å²) < 4.78 is 37.0. The Balaban J connectivity index is 3.28. The Morgan fingerprint density at radius 2 is 1.06 bits per heavy atom. The molecule has 192 valence electrons. The second kappa shape index (κ2) is 25.5. The van der Waals surface area contributed by atoms with Crippen molar-refractivity contribution >= 4 is 19.4 Å². The third kappa shape index (κ3) is 23.8. The molecule has 33 heavy (non-hydrogen) atoms. The van der Waals surface area contributed by atoms with Crippen LogP contribution in [0.1, 0.15) is 6.42 Å². The zero-order valence-corrected chi connectivity index (χ0v) is 19.8. The van der Waals surface area contributed by atoms with Gasteiger partial charge in [-0.1, -0.05) is 0 Å². The van der Waals surface area contributed by atoms with Crippen LogP contribution < -0.4 is 10.8 Å². The van der Waals surface area contributed by atoms with Gasteiger partial charge in [-0.2, -0.15) is 5.48 Å². The van der Waals surface area contributed by atoms with Gasteiger partial charge in [-0.3, -0.25) is 4.79 Å². The molecular formula is C20H39BN2O10. The highest BCUT2D eigenvalue weighted by molar-refractivity contribution is 6.57. The number of ether oxygens (including phenoxy) is 7. The Hall–Kier alpha value is -1.16. The van der Waals surface area contributed by atoms with Crippen molar-refractivity contribution in [2.24, 2.45) is 0 Å². The van der Waals surface area contributed by atoms with Crippen LogP contribution in [-0.4, -0.2) is 132 Å². The van der Waals surface area contributed by atoms with Crippen molar-refractivity contribution in [2.75, 3.05) is 107 Å². The van der Waals surface area contributed by atoms with E-state index in [1.165, 1.54) is 7.11 Å². The van der Waals surface area contributed by atoms with E-state index in [0.717, 1.165) is 0 Å². The number of methoxy groups -OCH3 is 1. The molecule has 0 spiro atoms. The van der Waals surface area contributed by atoms with Crippen molar-refractivity contribution in [3.63, 3.8) is 0 Å². The quantitative estimate of drug-likeness (QED) is 0.0851. The molecule has 1 atom stereocenters. The minimum atomic E-state index is -0.842. The number of carbonyl (C=O) groups is 2. The molecule has 0 saturated carbocycles. The van der Waals surface area contributed by atoms with E-state index >= 15 is 0 Å². The van der Waals surface area contributed by atoms with Crippen molar-refractivity contribution in [1.82, 2.24) is 10.8 Å². The van der Waals surface area contributed by atoms with Crippen molar-refractivity contribution in [3.8, 4) is 0 Å². The van der Waals surface area contributed by atoms with Crippen LogP contribution in [0.25, 0.3) is 0 Å². The molecule has 0 aromatic carbocycles. The Bertz CT molecular complexity index is 463. The van der Waals surface area contributed by atoms with Gasteiger partial charge in [0.2, 0.25) is 5.91 Å². The van der Waals surface area contributed by atoms with Gasteiger partial charge in [0.25, 0.3) is 0 Å². The number of rotatable bonds is 26. The van der Waals surface area contributed by atoms with E-state index in [0.29, 0.717) is 85.9 Å². The van der Waals surface area contributed by atoms with Crippen LogP contribution in [0.3, 0.4) is 0 Å². The Morgan fingerprint density at radius 3 is 1.42 bits per heavy atom. The fourth-order valence-electron chi connectivity index (χ4n) is 2.24. The van der Waals surface area contributed by atoms with Crippen LogP contribution in [0.5, 0.6) is 0 Å². The minimum absolute atomic E-state index is 0.164. The van der Waals surface area contributed by atoms with E-state index in [2.05, 4.69) is 15.6 Å². The first-order valence-corrected chi connectivity index (χ1v) is 10.9. The standard InChI is InChI=1S/C20H39BN2O10/c1-26-5-6-29-9-10-31-13-14-33-16-15-32-12-11-30-8-7-28-4-3-22-20(25)18(23-27-2)17-19(21)24/h18,23H,3-17H2,1-2H3,(H,22,25). The SMILES string of the molecule is [B]C(=O)CC(NOC)C(=O)NCCOCCOCCOCCOCCOCCOCCOC. The predicted octanol–water partition coefficient (Wildman–Crippen LogP) is -1.55. The van der Waals surface area contributed by atoms with Crippen LogP contribution in [0.2, 0.25) is 0 Å². The van der Waals surface area contributed by atoms with E-state index < -0.39 is 17.6 Å². The highest BCUT2D eigenvalue weighted by Crippen LogP contribution is 1.92. The third-order valence-electron chi connectivity index (χ3n) is 3.82. The highest BCUT2D eigenvalue weighted by atomic mass is 16.6. The topological polar surface area (TPSA) is 132 Å². The minimum Gasteiger partial charge on any atom is -0.382 e. The van der Waals surface area contributed by atoms with Crippen molar-refractivity contribution in [3.05, 3.63) is 0 Å². The second-order valence-corrected chi connectivity index (χ2v) is 6.50. The summed E-state index contributed by atoms with van der Waals surface area (Å²) in [6, 6.07) is -0.842. The smallest absolute Gasteiger partial charge is 0.239 e. The van der Waals surface area contributed by atoms with E-state index in [1.807, 2.05) is 0 Å². The van der Waals surface area contributed by atoms with Gasteiger partial charge in [0, 0.05) is 20.1 Å². The predicted molar refractivity (Wildman–Crippen MR) is 119 cm³/mol. The number of hydrogen-bond donors (Lipinski definition) is 2. The third-order valence-corrected chi connectivity index (χ3v) is 3.82. The van der Waals surface area contributed by atoms with Gasteiger partial charge in [-0.25, -0.2) is 0 Å². The molecule has 2 radical (unpaired) electrons. The lowest BCUT2D eigenvalue weighted by atomic mass is 9.95. The van der Waals surface area contributed by atoms with Gasteiger partial charge in [-0.05, 0) is 0 Å². The van der Waals surface area contributed by atoms with Crippen LogP contribution in [-0.2, 0) is 47.6 Å². The summed E-state index contributed by atoms with van der Waals surface area (Å²) in [5.74, 6) is -0.396. The summed E-state index contributed by atoms with van der Waals surface area (Å²) in [4.78, 5) is 27.5. The normalized spacial score (nSPS) is 12.1. The maximum Gasteiger partial charge on any atom is 0.239 e. The van der Waals surface area contributed by atoms with E-state index in [-0.39, 0.29) is 13.0 Å². The van der Waals surface area contributed by atoms with Crippen molar-refractivity contribution < 1.29 is 47.6 Å². The molecule has 0 bridgehead atoms. The molecule has 0 fully saturated rings. The van der Waals surface area contributed by atoms with E-state index in [4.69, 9.17) is 41.0 Å². The molecular weight excluding hydrogens is 439 g/mol. The molecule has 13 heteroatoms. The van der Waals surface area contributed by atoms with E-state index in [1.54, 1.807) is 7.11 Å². The van der Waals surface area contributed by atoms with Gasteiger partial charge >= 0.3 is 0 Å². The largest absolute Gasteiger partial charge is 0.382 e. The van der Waals surface area contributed by atoms with Gasteiger partial charge in [0.15, 0.2) is 7.85 Å². The molecule has 0 aromatic rings. The van der Waals surface area contributed by atoms with Gasteiger partial charge in [0.1, 0.15) is 6.04 Å². The van der Waals surface area contributed by atoms with Crippen LogP contribution in [0.15, 0.2) is 0 Å². The average molecular weight is 478 g/mol. The lowest BCUT2D eigenvalue weighted by Crippen LogP contribution is -2.45. The molecule has 1 amide bonds. The van der Waals surface area contributed by atoms with Gasteiger partial charge in [-0.15, -0.1) is 0 Å². The van der Waals surface area contributed by atoms with Gasteiger partial charge in [0.05, 0.1) is 98.7 Å². The van der Waals surface area contributed by atoms with Crippen LogP contribution in [0.4, 0.5) is 0 Å². The summed E-state index contributed by atoms with van der Waals surface area (Å²) >= 11 is 0. The molecule has 0 heterocycles. The highest BCUT2D eigenvalue weighted by Gasteiger charge is 2.19. The lowest BCUT2D eigenvalue weighted by Gasteiger charge is -2.15. The molecule has 1 unspecified atom stereocenters. The van der Waals surface area contributed by atoms with Crippen LogP contribution in [0, 0.1) is 0 Å².